The van der Waals surface area contributed by atoms with Crippen molar-refractivity contribution in [2.24, 2.45) is 5.73 Å². The van der Waals surface area contributed by atoms with Crippen LogP contribution in [0.25, 0.3) is 0 Å². The van der Waals surface area contributed by atoms with Crippen LogP contribution in [0.4, 0.5) is 0 Å². The average Bonchev–Trinajstić information content (AvgIpc) is 3.04. The van der Waals surface area contributed by atoms with Crippen molar-refractivity contribution in [1.82, 2.24) is 10.1 Å². The average molecular weight is 297 g/mol. The molecule has 2 fully saturated rings. The normalized spacial score (nSPS) is 27.3. The predicted octanol–water partition coefficient (Wildman–Crippen LogP) is 3.85. The Morgan fingerprint density at radius 3 is 2.32 bits per heavy atom. The summed E-state index contributed by atoms with van der Waals surface area (Å²) in [4.78, 5) is 4.62. The summed E-state index contributed by atoms with van der Waals surface area (Å²) in [6, 6.07) is 10.8. The summed E-state index contributed by atoms with van der Waals surface area (Å²) in [5.74, 6) is 2.61. The Morgan fingerprint density at radius 2 is 1.68 bits per heavy atom. The quantitative estimate of drug-likeness (QED) is 0.934. The molecule has 1 heterocycles. The number of rotatable bonds is 3. The van der Waals surface area contributed by atoms with E-state index in [1.807, 2.05) is 0 Å². The molecule has 0 saturated heterocycles. The van der Waals surface area contributed by atoms with Crippen LogP contribution in [0.3, 0.4) is 0 Å². The number of hydrogen-bond donors (Lipinski definition) is 1. The van der Waals surface area contributed by atoms with E-state index in [1.54, 1.807) is 0 Å². The SMILES string of the molecule is NC1(c2noc(C3CCC(c4ccccc4)CC3)n2)CCC1. The summed E-state index contributed by atoms with van der Waals surface area (Å²) in [5.41, 5.74) is 7.42. The molecule has 116 valence electrons. The van der Waals surface area contributed by atoms with Crippen molar-refractivity contribution in [3.63, 3.8) is 0 Å². The molecule has 0 radical (unpaired) electrons. The van der Waals surface area contributed by atoms with Gasteiger partial charge in [0.05, 0.1) is 5.54 Å². The lowest BCUT2D eigenvalue weighted by molar-refractivity contribution is 0.227. The Morgan fingerprint density at radius 1 is 1.00 bits per heavy atom. The second kappa shape index (κ2) is 5.51. The Labute approximate surface area is 131 Å². The van der Waals surface area contributed by atoms with Gasteiger partial charge in [0.15, 0.2) is 5.82 Å². The van der Waals surface area contributed by atoms with Crippen LogP contribution < -0.4 is 5.73 Å². The number of nitrogens with two attached hydrogens (primary N) is 1. The first-order valence-electron chi connectivity index (χ1n) is 8.42. The molecule has 1 aromatic carbocycles. The van der Waals surface area contributed by atoms with Gasteiger partial charge in [-0.2, -0.15) is 4.98 Å². The van der Waals surface area contributed by atoms with E-state index in [0.717, 1.165) is 37.4 Å². The van der Waals surface area contributed by atoms with Crippen molar-refractivity contribution in [2.75, 3.05) is 0 Å². The first-order chi connectivity index (χ1) is 10.7. The molecule has 2 N–H and O–H groups in total. The molecule has 0 aliphatic heterocycles. The highest BCUT2D eigenvalue weighted by Gasteiger charge is 2.39. The summed E-state index contributed by atoms with van der Waals surface area (Å²) in [6.07, 6.45) is 7.76. The van der Waals surface area contributed by atoms with Gasteiger partial charge in [-0.25, -0.2) is 0 Å². The van der Waals surface area contributed by atoms with Gasteiger partial charge < -0.3 is 10.3 Å². The first kappa shape index (κ1) is 13.9. The van der Waals surface area contributed by atoms with Crippen LogP contribution in [-0.4, -0.2) is 10.1 Å². The van der Waals surface area contributed by atoms with Crippen LogP contribution in [0.15, 0.2) is 34.9 Å². The van der Waals surface area contributed by atoms with Gasteiger partial charge in [-0.1, -0.05) is 35.5 Å². The van der Waals surface area contributed by atoms with Crippen molar-refractivity contribution < 1.29 is 4.52 Å². The maximum absolute atomic E-state index is 6.28. The van der Waals surface area contributed by atoms with Crippen LogP contribution in [-0.2, 0) is 5.54 Å². The van der Waals surface area contributed by atoms with E-state index in [2.05, 4.69) is 40.5 Å². The van der Waals surface area contributed by atoms with Gasteiger partial charge in [0.2, 0.25) is 5.89 Å². The van der Waals surface area contributed by atoms with Crippen molar-refractivity contribution >= 4 is 0 Å². The first-order valence-corrected chi connectivity index (χ1v) is 8.42. The van der Waals surface area contributed by atoms with E-state index in [9.17, 15) is 0 Å². The molecular weight excluding hydrogens is 274 g/mol. The molecule has 4 heteroatoms. The minimum atomic E-state index is -0.316. The molecule has 2 saturated carbocycles. The Hall–Kier alpha value is -1.68. The maximum atomic E-state index is 6.28. The molecular formula is C18H23N3O. The Kier molecular flexibility index (Phi) is 3.49. The largest absolute Gasteiger partial charge is 0.339 e. The molecule has 4 rings (SSSR count). The molecule has 2 aromatic rings. The van der Waals surface area contributed by atoms with E-state index in [1.165, 1.54) is 24.8 Å². The van der Waals surface area contributed by atoms with E-state index < -0.39 is 0 Å². The van der Waals surface area contributed by atoms with E-state index in [0.29, 0.717) is 11.8 Å². The third-order valence-electron chi connectivity index (χ3n) is 5.48. The predicted molar refractivity (Wildman–Crippen MR) is 84.4 cm³/mol. The lowest BCUT2D eigenvalue weighted by Gasteiger charge is -2.34. The fourth-order valence-corrected chi connectivity index (χ4v) is 3.78. The topological polar surface area (TPSA) is 64.9 Å². The zero-order valence-electron chi connectivity index (χ0n) is 12.9. The molecule has 0 bridgehead atoms. The Balaban J connectivity index is 1.41. The van der Waals surface area contributed by atoms with Gasteiger partial charge >= 0.3 is 0 Å². The monoisotopic (exact) mass is 297 g/mol. The van der Waals surface area contributed by atoms with Gasteiger partial charge in [-0.15, -0.1) is 0 Å². The van der Waals surface area contributed by atoms with E-state index >= 15 is 0 Å². The van der Waals surface area contributed by atoms with Crippen LogP contribution in [0.2, 0.25) is 0 Å². The second-order valence-electron chi connectivity index (χ2n) is 6.93. The van der Waals surface area contributed by atoms with Gasteiger partial charge in [-0.3, -0.25) is 0 Å². The molecule has 1 aromatic heterocycles. The minimum Gasteiger partial charge on any atom is -0.339 e. The van der Waals surface area contributed by atoms with Gasteiger partial charge in [-0.05, 0) is 56.4 Å². The van der Waals surface area contributed by atoms with Crippen molar-refractivity contribution in [1.29, 1.82) is 0 Å². The third kappa shape index (κ3) is 2.45. The number of hydrogen-bond acceptors (Lipinski definition) is 4. The zero-order valence-corrected chi connectivity index (χ0v) is 12.9. The number of nitrogens with zero attached hydrogens (tertiary/aromatic N) is 2. The van der Waals surface area contributed by atoms with Crippen molar-refractivity contribution in [3.05, 3.63) is 47.6 Å². The van der Waals surface area contributed by atoms with E-state index in [4.69, 9.17) is 10.3 Å². The lowest BCUT2D eigenvalue weighted by atomic mass is 9.77. The minimum absolute atomic E-state index is 0.316. The summed E-state index contributed by atoms with van der Waals surface area (Å²) in [6.45, 7) is 0. The zero-order chi connectivity index (χ0) is 15.0. The molecule has 2 aliphatic carbocycles. The standard InChI is InChI=1S/C18H23N3O/c19-18(11-4-12-18)17-20-16(22-21-17)15-9-7-14(8-10-15)13-5-2-1-3-6-13/h1-3,5-6,14-15H,4,7-12,19H2. The fourth-order valence-electron chi connectivity index (χ4n) is 3.78. The van der Waals surface area contributed by atoms with Crippen LogP contribution >= 0.6 is 0 Å². The number of aromatic nitrogens is 2. The highest BCUT2D eigenvalue weighted by atomic mass is 16.5. The second-order valence-corrected chi connectivity index (χ2v) is 6.93. The smallest absolute Gasteiger partial charge is 0.229 e. The number of benzene rings is 1. The highest BCUT2D eigenvalue weighted by Crippen LogP contribution is 2.41. The van der Waals surface area contributed by atoms with Gasteiger partial charge in [0.1, 0.15) is 0 Å². The van der Waals surface area contributed by atoms with Crippen LogP contribution in [0.1, 0.15) is 74.1 Å². The maximum Gasteiger partial charge on any atom is 0.229 e. The summed E-state index contributed by atoms with van der Waals surface area (Å²) in [5, 5.41) is 4.15. The molecule has 22 heavy (non-hydrogen) atoms. The summed E-state index contributed by atoms with van der Waals surface area (Å²) in [7, 11) is 0. The fraction of sp³-hybridized carbons (Fsp3) is 0.556. The molecule has 4 nitrogen and oxygen atoms in total. The Bertz CT molecular complexity index is 625. The van der Waals surface area contributed by atoms with Gasteiger partial charge in [0, 0.05) is 5.92 Å². The molecule has 2 aliphatic rings. The van der Waals surface area contributed by atoms with Gasteiger partial charge in [0.25, 0.3) is 0 Å². The highest BCUT2D eigenvalue weighted by molar-refractivity contribution is 5.20. The van der Waals surface area contributed by atoms with E-state index in [-0.39, 0.29) is 5.54 Å². The van der Waals surface area contributed by atoms with Crippen LogP contribution in [0, 0.1) is 0 Å². The molecule has 0 atom stereocenters. The lowest BCUT2D eigenvalue weighted by Crippen LogP contribution is -2.44. The molecule has 0 unspecified atom stereocenters. The van der Waals surface area contributed by atoms with Crippen molar-refractivity contribution in [2.45, 2.75) is 62.3 Å². The summed E-state index contributed by atoms with van der Waals surface area (Å²) < 4.78 is 5.53. The third-order valence-corrected chi connectivity index (χ3v) is 5.48. The summed E-state index contributed by atoms with van der Waals surface area (Å²) >= 11 is 0. The van der Waals surface area contributed by atoms with Crippen molar-refractivity contribution in [3.8, 4) is 0 Å². The van der Waals surface area contributed by atoms with Crippen LogP contribution in [0.5, 0.6) is 0 Å². The molecule has 0 spiro atoms. The molecule has 0 amide bonds.